The molecule has 0 fully saturated rings. The van der Waals surface area contributed by atoms with E-state index in [1.807, 2.05) is 0 Å². The Labute approximate surface area is 110 Å². The van der Waals surface area contributed by atoms with Crippen LogP contribution in [0.4, 0.5) is 0 Å². The van der Waals surface area contributed by atoms with Crippen molar-refractivity contribution in [3.05, 3.63) is 35.4 Å². The zero-order valence-corrected chi connectivity index (χ0v) is 10.5. The Kier molecular flexibility index (Phi) is 3.55. The van der Waals surface area contributed by atoms with Crippen LogP contribution in [0.1, 0.15) is 40.5 Å². The highest BCUT2D eigenvalue weighted by Crippen LogP contribution is 2.22. The summed E-state index contributed by atoms with van der Waals surface area (Å²) in [7, 11) is 0. The minimum atomic E-state index is -0.543. The molecule has 5 heteroatoms. The third-order valence-corrected chi connectivity index (χ3v) is 3.07. The number of ketones is 2. The number of hydrogen-bond donors (Lipinski definition) is 0. The second-order valence-electron chi connectivity index (χ2n) is 4.26. The highest BCUT2D eigenvalue weighted by molar-refractivity contribution is 6.37. The molecule has 1 heterocycles. The Hall–Kier alpha value is -2.30. The first-order valence-electron chi connectivity index (χ1n) is 6.07. The van der Waals surface area contributed by atoms with Gasteiger partial charge in [-0.25, -0.2) is 0 Å². The first-order chi connectivity index (χ1) is 9.06. The van der Waals surface area contributed by atoms with Gasteiger partial charge in [-0.2, -0.15) is 0 Å². The lowest BCUT2D eigenvalue weighted by Crippen LogP contribution is -2.32. The molecule has 0 radical (unpaired) electrons. The van der Waals surface area contributed by atoms with Crippen LogP contribution < -0.4 is 0 Å². The first-order valence-corrected chi connectivity index (χ1v) is 6.07. The summed E-state index contributed by atoms with van der Waals surface area (Å²) in [6, 6.07) is 6.52. The fourth-order valence-electron chi connectivity index (χ4n) is 1.99. The van der Waals surface area contributed by atoms with Gasteiger partial charge < -0.3 is 0 Å². The van der Waals surface area contributed by atoms with E-state index in [-0.39, 0.29) is 19.4 Å². The molecular weight excluding hydrogens is 246 g/mol. The van der Waals surface area contributed by atoms with Gasteiger partial charge in [0.1, 0.15) is 0 Å². The Morgan fingerprint density at radius 2 is 1.53 bits per heavy atom. The third kappa shape index (κ3) is 2.31. The summed E-state index contributed by atoms with van der Waals surface area (Å²) < 4.78 is 0. The van der Waals surface area contributed by atoms with Crippen LogP contribution in [0.5, 0.6) is 0 Å². The maximum Gasteiger partial charge on any atom is 0.261 e. The molecule has 1 aliphatic heterocycles. The van der Waals surface area contributed by atoms with Crippen molar-refractivity contribution < 1.29 is 19.2 Å². The number of nitrogens with zero attached hydrogens (tertiary/aromatic N) is 1. The molecule has 0 bridgehead atoms. The maximum absolute atomic E-state index is 12.0. The Balaban J connectivity index is 2.09. The number of imide groups is 1. The summed E-state index contributed by atoms with van der Waals surface area (Å²) in [6.07, 6.45) is 0.0269. The second kappa shape index (κ2) is 5.14. The van der Waals surface area contributed by atoms with E-state index in [4.69, 9.17) is 0 Å². The quantitative estimate of drug-likeness (QED) is 0.588. The van der Waals surface area contributed by atoms with Crippen LogP contribution in [-0.4, -0.2) is 34.8 Å². The van der Waals surface area contributed by atoms with Crippen molar-refractivity contribution in [2.45, 2.75) is 19.8 Å². The van der Waals surface area contributed by atoms with Crippen molar-refractivity contribution >= 4 is 23.4 Å². The molecule has 19 heavy (non-hydrogen) atoms. The van der Waals surface area contributed by atoms with Crippen molar-refractivity contribution in [2.75, 3.05) is 6.54 Å². The number of rotatable bonds is 5. The molecule has 0 spiro atoms. The molecule has 0 aliphatic carbocycles. The van der Waals surface area contributed by atoms with Crippen molar-refractivity contribution in [1.82, 2.24) is 4.90 Å². The van der Waals surface area contributed by atoms with Crippen molar-refractivity contribution in [3.63, 3.8) is 0 Å². The summed E-state index contributed by atoms with van der Waals surface area (Å²) in [6.45, 7) is 1.55. The van der Waals surface area contributed by atoms with Gasteiger partial charge in [0.25, 0.3) is 11.8 Å². The van der Waals surface area contributed by atoms with E-state index in [0.717, 1.165) is 4.90 Å². The smallest absolute Gasteiger partial charge is 0.261 e. The van der Waals surface area contributed by atoms with E-state index in [9.17, 15) is 19.2 Å². The van der Waals surface area contributed by atoms with Crippen molar-refractivity contribution in [1.29, 1.82) is 0 Å². The van der Waals surface area contributed by atoms with Crippen LogP contribution in [0.15, 0.2) is 24.3 Å². The Morgan fingerprint density at radius 3 is 2.00 bits per heavy atom. The third-order valence-electron chi connectivity index (χ3n) is 3.07. The normalized spacial score (nSPS) is 13.6. The molecule has 0 N–H and O–H groups in total. The van der Waals surface area contributed by atoms with Gasteiger partial charge >= 0.3 is 0 Å². The van der Waals surface area contributed by atoms with Crippen LogP contribution in [0.2, 0.25) is 0 Å². The predicted molar refractivity (Wildman–Crippen MR) is 66.7 cm³/mol. The SMILES string of the molecule is CCC(=O)C(=O)CCN1C(=O)c2ccccc2C1=O. The summed E-state index contributed by atoms with van der Waals surface area (Å²) >= 11 is 0. The number of amides is 2. The maximum atomic E-state index is 12.0. The van der Waals surface area contributed by atoms with E-state index >= 15 is 0 Å². The number of Topliss-reactive ketones (excluding diaryl/α,β-unsaturated/α-hetero) is 2. The molecule has 2 rings (SSSR count). The first kappa shape index (κ1) is 13.1. The lowest BCUT2D eigenvalue weighted by Gasteiger charge is -2.12. The number of hydrogen-bond acceptors (Lipinski definition) is 4. The summed E-state index contributed by atoms with van der Waals surface area (Å²) in [4.78, 5) is 47.5. The zero-order valence-electron chi connectivity index (χ0n) is 10.5. The summed E-state index contributed by atoms with van der Waals surface area (Å²) in [5, 5.41) is 0. The van der Waals surface area contributed by atoms with Gasteiger partial charge in [-0.15, -0.1) is 0 Å². The molecule has 98 valence electrons. The van der Waals surface area contributed by atoms with Crippen LogP contribution in [0, 0.1) is 0 Å². The van der Waals surface area contributed by atoms with Crippen LogP contribution in [0.25, 0.3) is 0 Å². The molecule has 1 aliphatic rings. The minimum absolute atomic E-state index is 0.0447. The van der Waals surface area contributed by atoms with Gasteiger partial charge in [0.05, 0.1) is 11.1 Å². The lowest BCUT2D eigenvalue weighted by atomic mass is 10.1. The molecule has 2 amide bonds. The van der Waals surface area contributed by atoms with Crippen LogP contribution >= 0.6 is 0 Å². The number of fused-ring (bicyclic) bond motifs is 1. The number of carbonyl (C=O) groups is 4. The largest absolute Gasteiger partial charge is 0.291 e. The highest BCUT2D eigenvalue weighted by Gasteiger charge is 2.35. The standard InChI is InChI=1S/C14H13NO4/c1-2-11(16)12(17)7-8-15-13(18)9-5-3-4-6-10(9)14(15)19/h3-6H,2,7-8H2,1H3. The Bertz CT molecular complexity index is 542. The molecule has 0 saturated heterocycles. The van der Waals surface area contributed by atoms with E-state index in [1.54, 1.807) is 31.2 Å². The number of carbonyl (C=O) groups excluding carboxylic acids is 4. The van der Waals surface area contributed by atoms with Gasteiger partial charge in [-0.05, 0) is 12.1 Å². The van der Waals surface area contributed by atoms with Gasteiger partial charge in [0.15, 0.2) is 11.6 Å². The van der Waals surface area contributed by atoms with Crippen molar-refractivity contribution in [2.24, 2.45) is 0 Å². The number of benzene rings is 1. The fourth-order valence-corrected chi connectivity index (χ4v) is 1.99. The summed E-state index contributed by atoms with van der Waals surface area (Å²) in [5.74, 6) is -1.83. The van der Waals surface area contributed by atoms with Crippen molar-refractivity contribution in [3.8, 4) is 0 Å². The monoisotopic (exact) mass is 259 g/mol. The van der Waals surface area contributed by atoms with Gasteiger partial charge in [0.2, 0.25) is 0 Å². The molecule has 5 nitrogen and oxygen atoms in total. The molecular formula is C14H13NO4. The highest BCUT2D eigenvalue weighted by atomic mass is 16.2. The van der Waals surface area contributed by atoms with E-state index < -0.39 is 23.4 Å². The van der Waals surface area contributed by atoms with Gasteiger partial charge in [0, 0.05) is 19.4 Å². The van der Waals surface area contributed by atoms with E-state index in [1.165, 1.54) is 0 Å². The van der Waals surface area contributed by atoms with E-state index in [0.29, 0.717) is 11.1 Å². The van der Waals surface area contributed by atoms with Gasteiger partial charge in [-0.3, -0.25) is 24.1 Å². The predicted octanol–water partition coefficient (Wildman–Crippen LogP) is 1.22. The molecule has 0 aromatic heterocycles. The summed E-state index contributed by atoms with van der Waals surface area (Å²) in [5.41, 5.74) is 0.698. The van der Waals surface area contributed by atoms with Gasteiger partial charge in [-0.1, -0.05) is 19.1 Å². The molecule has 1 aromatic rings. The molecule has 0 saturated carbocycles. The Morgan fingerprint density at radius 1 is 1.00 bits per heavy atom. The average Bonchev–Trinajstić information content (AvgIpc) is 2.68. The topological polar surface area (TPSA) is 71.5 Å². The van der Waals surface area contributed by atoms with Crippen LogP contribution in [0.3, 0.4) is 0 Å². The molecule has 0 atom stereocenters. The minimum Gasteiger partial charge on any atom is -0.291 e. The fraction of sp³-hybridized carbons (Fsp3) is 0.286. The lowest BCUT2D eigenvalue weighted by molar-refractivity contribution is -0.136. The average molecular weight is 259 g/mol. The molecule has 1 aromatic carbocycles. The van der Waals surface area contributed by atoms with E-state index in [2.05, 4.69) is 0 Å². The molecule has 0 unspecified atom stereocenters. The zero-order chi connectivity index (χ0) is 14.0. The second-order valence-corrected chi connectivity index (χ2v) is 4.26. The van der Waals surface area contributed by atoms with Crippen LogP contribution in [-0.2, 0) is 9.59 Å².